The Morgan fingerprint density at radius 1 is 1.33 bits per heavy atom. The Morgan fingerprint density at radius 2 is 2.06 bits per heavy atom. The Morgan fingerprint density at radius 3 is 2.78 bits per heavy atom. The Kier molecular flexibility index (Phi) is 4.68. The minimum atomic E-state index is 0.397. The molecular weight excluding hydrogens is 290 g/mol. The molecule has 2 unspecified atom stereocenters. The lowest BCUT2D eigenvalue weighted by Gasteiger charge is -2.36. The molecule has 18 heavy (non-hydrogen) atoms. The van der Waals surface area contributed by atoms with E-state index in [0.29, 0.717) is 11.8 Å². The fourth-order valence-corrected chi connectivity index (χ4v) is 3.43. The number of nitrogens with zero attached hydrogens (tertiary/aromatic N) is 1. The molecule has 2 rings (SSSR count). The average molecular weight is 312 g/mol. The van der Waals surface area contributed by atoms with Crippen LogP contribution in [0, 0.1) is 5.92 Å². The molecule has 2 atom stereocenters. The molecule has 3 heteroatoms. The van der Waals surface area contributed by atoms with Crippen molar-refractivity contribution in [1.29, 1.82) is 0 Å². The van der Waals surface area contributed by atoms with Gasteiger partial charge in [-0.25, -0.2) is 0 Å². The topological polar surface area (TPSA) is 23.5 Å². The van der Waals surface area contributed by atoms with E-state index in [1.54, 1.807) is 6.07 Å². The predicted molar refractivity (Wildman–Crippen MR) is 78.7 cm³/mol. The molecule has 0 spiro atoms. The molecule has 100 valence electrons. The molecule has 1 aliphatic rings. The number of rotatable bonds is 3. The van der Waals surface area contributed by atoms with Crippen LogP contribution in [0.4, 0.5) is 0 Å². The Balaban J connectivity index is 2.05. The molecular formula is C15H22BrNO. The molecule has 1 aromatic rings. The molecule has 0 bridgehead atoms. The number of hydrogen-bond donors (Lipinski definition) is 1. The molecule has 1 saturated carbocycles. The SMILES string of the molecule is CC1CCCCC1N(C)Cc1cc(Br)ccc1O. The van der Waals surface area contributed by atoms with E-state index < -0.39 is 0 Å². The van der Waals surface area contributed by atoms with Crippen LogP contribution < -0.4 is 0 Å². The molecule has 1 aromatic carbocycles. The van der Waals surface area contributed by atoms with Crippen molar-refractivity contribution in [3.05, 3.63) is 28.2 Å². The first-order valence-corrected chi connectivity index (χ1v) is 7.55. The second kappa shape index (κ2) is 6.07. The van der Waals surface area contributed by atoms with Gasteiger partial charge >= 0.3 is 0 Å². The summed E-state index contributed by atoms with van der Waals surface area (Å²) in [6.45, 7) is 3.17. The Labute approximate surface area is 118 Å². The maximum Gasteiger partial charge on any atom is 0.120 e. The van der Waals surface area contributed by atoms with Crippen molar-refractivity contribution in [2.24, 2.45) is 5.92 Å². The van der Waals surface area contributed by atoms with Gasteiger partial charge in [-0.2, -0.15) is 0 Å². The molecule has 1 fully saturated rings. The Hall–Kier alpha value is -0.540. The van der Waals surface area contributed by atoms with E-state index in [1.807, 2.05) is 12.1 Å². The molecule has 0 aromatic heterocycles. The lowest BCUT2D eigenvalue weighted by Crippen LogP contribution is -2.38. The molecule has 0 amide bonds. The van der Waals surface area contributed by atoms with Crippen molar-refractivity contribution < 1.29 is 5.11 Å². The number of phenolic OH excluding ortho intramolecular Hbond substituents is 1. The summed E-state index contributed by atoms with van der Waals surface area (Å²) < 4.78 is 1.03. The van der Waals surface area contributed by atoms with Gasteiger partial charge in [0.25, 0.3) is 0 Å². The van der Waals surface area contributed by atoms with Crippen LogP contribution in [0.25, 0.3) is 0 Å². The van der Waals surface area contributed by atoms with Crippen molar-refractivity contribution >= 4 is 15.9 Å². The number of halogens is 1. The highest BCUT2D eigenvalue weighted by atomic mass is 79.9. The van der Waals surface area contributed by atoms with Crippen LogP contribution in [-0.4, -0.2) is 23.1 Å². The van der Waals surface area contributed by atoms with E-state index in [0.717, 1.165) is 22.5 Å². The van der Waals surface area contributed by atoms with Gasteiger partial charge in [-0.15, -0.1) is 0 Å². The highest BCUT2D eigenvalue weighted by molar-refractivity contribution is 9.10. The molecule has 1 aliphatic carbocycles. The van der Waals surface area contributed by atoms with Crippen molar-refractivity contribution in [3.63, 3.8) is 0 Å². The van der Waals surface area contributed by atoms with Crippen molar-refractivity contribution in [2.75, 3.05) is 7.05 Å². The summed E-state index contributed by atoms with van der Waals surface area (Å²) in [6.07, 6.45) is 5.32. The van der Waals surface area contributed by atoms with E-state index in [1.165, 1.54) is 25.7 Å². The summed E-state index contributed by atoms with van der Waals surface area (Å²) in [6, 6.07) is 6.30. The maximum atomic E-state index is 9.90. The summed E-state index contributed by atoms with van der Waals surface area (Å²) in [7, 11) is 2.17. The van der Waals surface area contributed by atoms with E-state index >= 15 is 0 Å². The van der Waals surface area contributed by atoms with E-state index in [9.17, 15) is 5.11 Å². The standard InChI is InChI=1S/C15H22BrNO/c1-11-5-3-4-6-14(11)17(2)10-12-9-13(16)7-8-15(12)18/h7-9,11,14,18H,3-6,10H2,1-2H3. The molecule has 0 radical (unpaired) electrons. The third kappa shape index (κ3) is 3.27. The second-order valence-electron chi connectivity index (χ2n) is 5.52. The van der Waals surface area contributed by atoms with Gasteiger partial charge in [-0.1, -0.05) is 35.7 Å². The average Bonchev–Trinajstić information content (AvgIpc) is 2.34. The van der Waals surface area contributed by atoms with Crippen LogP contribution in [0.2, 0.25) is 0 Å². The highest BCUT2D eigenvalue weighted by Crippen LogP contribution is 2.30. The minimum Gasteiger partial charge on any atom is -0.508 e. The normalized spacial score (nSPS) is 24.4. The van der Waals surface area contributed by atoms with Crippen molar-refractivity contribution in [2.45, 2.75) is 45.2 Å². The zero-order chi connectivity index (χ0) is 13.1. The Bertz CT molecular complexity index is 407. The third-order valence-electron chi connectivity index (χ3n) is 4.09. The fourth-order valence-electron chi connectivity index (χ4n) is 3.02. The predicted octanol–water partition coefficient (Wildman–Crippen LogP) is 4.17. The van der Waals surface area contributed by atoms with Crippen LogP contribution in [-0.2, 0) is 6.54 Å². The number of phenols is 1. The third-order valence-corrected chi connectivity index (χ3v) is 4.59. The van der Waals surface area contributed by atoms with Gasteiger partial charge in [-0.3, -0.25) is 4.90 Å². The minimum absolute atomic E-state index is 0.397. The lowest BCUT2D eigenvalue weighted by atomic mass is 9.85. The van der Waals surface area contributed by atoms with Gasteiger partial charge in [0.15, 0.2) is 0 Å². The van der Waals surface area contributed by atoms with Crippen LogP contribution >= 0.6 is 15.9 Å². The first kappa shape index (κ1) is 13.9. The summed E-state index contributed by atoms with van der Waals surface area (Å²) in [5.41, 5.74) is 1.00. The van der Waals surface area contributed by atoms with E-state index in [4.69, 9.17) is 0 Å². The molecule has 0 aliphatic heterocycles. The summed E-state index contributed by atoms with van der Waals surface area (Å²) in [5.74, 6) is 1.16. The van der Waals surface area contributed by atoms with Crippen molar-refractivity contribution in [1.82, 2.24) is 4.90 Å². The van der Waals surface area contributed by atoms with Gasteiger partial charge in [0.05, 0.1) is 0 Å². The summed E-state index contributed by atoms with van der Waals surface area (Å²) >= 11 is 3.46. The van der Waals surface area contributed by atoms with Crippen LogP contribution in [0.5, 0.6) is 5.75 Å². The smallest absolute Gasteiger partial charge is 0.120 e. The highest BCUT2D eigenvalue weighted by Gasteiger charge is 2.25. The zero-order valence-corrected chi connectivity index (χ0v) is 12.8. The maximum absolute atomic E-state index is 9.90. The quantitative estimate of drug-likeness (QED) is 0.905. The molecule has 0 heterocycles. The monoisotopic (exact) mass is 311 g/mol. The molecule has 2 nitrogen and oxygen atoms in total. The fraction of sp³-hybridized carbons (Fsp3) is 0.600. The van der Waals surface area contributed by atoms with Gasteiger partial charge < -0.3 is 5.11 Å². The van der Waals surface area contributed by atoms with Crippen molar-refractivity contribution in [3.8, 4) is 5.75 Å². The van der Waals surface area contributed by atoms with E-state index in [2.05, 4.69) is 34.8 Å². The van der Waals surface area contributed by atoms with Crippen LogP contribution in [0.15, 0.2) is 22.7 Å². The number of hydrogen-bond acceptors (Lipinski definition) is 2. The van der Waals surface area contributed by atoms with Crippen LogP contribution in [0.3, 0.4) is 0 Å². The first-order valence-electron chi connectivity index (χ1n) is 6.75. The lowest BCUT2D eigenvalue weighted by molar-refractivity contribution is 0.132. The zero-order valence-electron chi connectivity index (χ0n) is 11.2. The molecule has 0 saturated heterocycles. The van der Waals surface area contributed by atoms with E-state index in [-0.39, 0.29) is 0 Å². The largest absolute Gasteiger partial charge is 0.508 e. The van der Waals surface area contributed by atoms with Gasteiger partial charge in [0, 0.05) is 22.6 Å². The molecule has 1 N–H and O–H groups in total. The number of aromatic hydroxyl groups is 1. The first-order chi connectivity index (χ1) is 8.58. The second-order valence-corrected chi connectivity index (χ2v) is 6.43. The van der Waals surface area contributed by atoms with Gasteiger partial charge in [0.1, 0.15) is 5.75 Å². The summed E-state index contributed by atoms with van der Waals surface area (Å²) in [5, 5.41) is 9.90. The number of benzene rings is 1. The summed E-state index contributed by atoms with van der Waals surface area (Å²) in [4.78, 5) is 2.39. The van der Waals surface area contributed by atoms with Gasteiger partial charge in [0.2, 0.25) is 0 Å². The van der Waals surface area contributed by atoms with Crippen LogP contribution in [0.1, 0.15) is 38.2 Å². The van der Waals surface area contributed by atoms with Gasteiger partial charge in [-0.05, 0) is 44.0 Å².